The number of nitrogens with one attached hydrogen (secondary N) is 1. The van der Waals surface area contributed by atoms with Gasteiger partial charge >= 0.3 is 0 Å². The summed E-state index contributed by atoms with van der Waals surface area (Å²) in [6, 6.07) is 14.5. The number of imidazole rings is 1. The lowest BCUT2D eigenvalue weighted by Crippen LogP contribution is -2.43. The Hall–Kier alpha value is -3.52. The van der Waals surface area contributed by atoms with Crippen LogP contribution in [0.5, 0.6) is 0 Å². The second-order valence-corrected chi connectivity index (χ2v) is 9.30. The summed E-state index contributed by atoms with van der Waals surface area (Å²) in [5, 5.41) is 2.86. The van der Waals surface area contributed by atoms with Crippen LogP contribution in [-0.4, -0.2) is 52.1 Å². The number of rotatable bonds is 8. The van der Waals surface area contributed by atoms with Gasteiger partial charge in [0, 0.05) is 30.8 Å². The predicted octanol–water partition coefficient (Wildman–Crippen LogP) is 4.34. The SMILES string of the molecule is Cc1ccc(-n2cc(-c3ccccc3)nc2NC(=O)CN(C[C@@H]2CCCO2)C(=O)C2CC2)cc1F. The summed E-state index contributed by atoms with van der Waals surface area (Å²) in [6.07, 6.45) is 5.33. The molecule has 0 unspecified atom stereocenters. The van der Waals surface area contributed by atoms with Gasteiger partial charge in [0.05, 0.1) is 17.5 Å². The third-order valence-electron chi connectivity index (χ3n) is 6.48. The van der Waals surface area contributed by atoms with Crippen LogP contribution in [0.25, 0.3) is 16.9 Å². The quantitative estimate of drug-likeness (QED) is 0.525. The highest BCUT2D eigenvalue weighted by atomic mass is 19.1. The zero-order valence-electron chi connectivity index (χ0n) is 19.7. The van der Waals surface area contributed by atoms with E-state index < -0.39 is 0 Å². The van der Waals surface area contributed by atoms with Crippen LogP contribution in [-0.2, 0) is 14.3 Å². The Kier molecular flexibility index (Phi) is 6.63. The molecule has 2 aromatic carbocycles. The lowest BCUT2D eigenvalue weighted by molar-refractivity contribution is -0.137. The molecule has 8 heteroatoms. The summed E-state index contributed by atoms with van der Waals surface area (Å²) < 4.78 is 21.7. The average Bonchev–Trinajstić information content (AvgIpc) is 3.43. The molecule has 0 bridgehead atoms. The molecule has 2 amide bonds. The second kappa shape index (κ2) is 10.00. The molecule has 2 heterocycles. The van der Waals surface area contributed by atoms with Crippen molar-refractivity contribution >= 4 is 17.8 Å². The Bertz CT molecular complexity index is 1220. The first-order valence-electron chi connectivity index (χ1n) is 12.1. The number of benzene rings is 2. The van der Waals surface area contributed by atoms with E-state index in [0.717, 1.165) is 31.2 Å². The fourth-order valence-corrected chi connectivity index (χ4v) is 4.34. The van der Waals surface area contributed by atoms with Crippen LogP contribution in [0.3, 0.4) is 0 Å². The molecular weight excluding hydrogens is 447 g/mol. The first kappa shape index (κ1) is 23.2. The number of aromatic nitrogens is 2. The number of carbonyl (C=O) groups excluding carboxylic acids is 2. The first-order valence-corrected chi connectivity index (χ1v) is 12.1. The van der Waals surface area contributed by atoms with E-state index in [1.807, 2.05) is 30.3 Å². The van der Waals surface area contributed by atoms with E-state index in [4.69, 9.17) is 4.74 Å². The number of ether oxygens (including phenoxy) is 1. The number of hydrogen-bond acceptors (Lipinski definition) is 4. The average molecular weight is 477 g/mol. The molecule has 1 N–H and O–H groups in total. The molecule has 2 fully saturated rings. The van der Waals surface area contributed by atoms with Crippen molar-refractivity contribution in [1.82, 2.24) is 14.5 Å². The maximum absolute atomic E-state index is 14.3. The maximum Gasteiger partial charge on any atom is 0.246 e. The van der Waals surface area contributed by atoms with Crippen molar-refractivity contribution in [3.8, 4) is 16.9 Å². The monoisotopic (exact) mass is 476 g/mol. The number of nitrogens with zero attached hydrogens (tertiary/aromatic N) is 3. The van der Waals surface area contributed by atoms with Gasteiger partial charge in [-0.1, -0.05) is 36.4 Å². The second-order valence-electron chi connectivity index (χ2n) is 9.30. The lowest BCUT2D eigenvalue weighted by Gasteiger charge is -2.25. The lowest BCUT2D eigenvalue weighted by atomic mass is 10.2. The highest BCUT2D eigenvalue weighted by molar-refractivity contribution is 5.94. The van der Waals surface area contributed by atoms with Gasteiger partial charge in [-0.15, -0.1) is 0 Å². The summed E-state index contributed by atoms with van der Waals surface area (Å²) in [7, 11) is 0. The van der Waals surface area contributed by atoms with Crippen LogP contribution in [0.4, 0.5) is 10.3 Å². The fraction of sp³-hybridized carbons (Fsp3) is 0.370. The van der Waals surface area contributed by atoms with E-state index >= 15 is 0 Å². The summed E-state index contributed by atoms with van der Waals surface area (Å²) in [5.74, 6) is -0.410. The van der Waals surface area contributed by atoms with Crippen LogP contribution in [0.1, 0.15) is 31.2 Å². The number of carbonyl (C=O) groups is 2. The standard InChI is InChI=1S/C27H29FN4O3/c1-18-9-12-21(14-23(18)28)32-16-24(19-6-3-2-4-7-19)29-27(32)30-25(33)17-31(26(34)20-10-11-20)15-22-8-5-13-35-22/h2-4,6-7,9,12,14,16,20,22H,5,8,10-11,13,15,17H2,1H3,(H,29,30,33)/t22-/m0/s1. The Morgan fingerprint density at radius 2 is 1.97 bits per heavy atom. The van der Waals surface area contributed by atoms with E-state index in [1.54, 1.807) is 34.7 Å². The molecule has 1 saturated heterocycles. The third-order valence-corrected chi connectivity index (χ3v) is 6.48. The maximum atomic E-state index is 14.3. The van der Waals surface area contributed by atoms with E-state index in [9.17, 15) is 14.0 Å². The fourth-order valence-electron chi connectivity index (χ4n) is 4.34. The van der Waals surface area contributed by atoms with Gasteiger partial charge in [0.25, 0.3) is 0 Å². The number of anilines is 1. The van der Waals surface area contributed by atoms with E-state index in [0.29, 0.717) is 30.1 Å². The van der Waals surface area contributed by atoms with Crippen LogP contribution in [0.2, 0.25) is 0 Å². The van der Waals surface area contributed by atoms with Crippen molar-refractivity contribution in [2.24, 2.45) is 5.92 Å². The Morgan fingerprint density at radius 1 is 1.17 bits per heavy atom. The molecule has 1 aromatic heterocycles. The minimum absolute atomic E-state index is 0.00423. The van der Waals surface area contributed by atoms with Crippen LogP contribution in [0.15, 0.2) is 54.7 Å². The highest BCUT2D eigenvalue weighted by Crippen LogP contribution is 2.31. The molecule has 5 rings (SSSR count). The Balaban J connectivity index is 1.40. The van der Waals surface area contributed by atoms with Gasteiger partial charge in [-0.3, -0.25) is 19.5 Å². The molecule has 3 aromatic rings. The number of amides is 2. The van der Waals surface area contributed by atoms with E-state index in [-0.39, 0.29) is 42.1 Å². The molecule has 1 aliphatic heterocycles. The molecule has 1 saturated carbocycles. The summed E-state index contributed by atoms with van der Waals surface area (Å²) >= 11 is 0. The van der Waals surface area contributed by atoms with Crippen molar-refractivity contribution in [3.63, 3.8) is 0 Å². The number of hydrogen-bond donors (Lipinski definition) is 1. The topological polar surface area (TPSA) is 76.5 Å². The van der Waals surface area contributed by atoms with Gasteiger partial charge in [0.15, 0.2) is 0 Å². The van der Waals surface area contributed by atoms with Crippen molar-refractivity contribution in [1.29, 1.82) is 0 Å². The van der Waals surface area contributed by atoms with Crippen molar-refractivity contribution in [2.45, 2.75) is 38.7 Å². The predicted molar refractivity (Wildman–Crippen MR) is 131 cm³/mol. The smallest absolute Gasteiger partial charge is 0.246 e. The van der Waals surface area contributed by atoms with Gasteiger partial charge < -0.3 is 9.64 Å². The third kappa shape index (κ3) is 5.43. The van der Waals surface area contributed by atoms with Gasteiger partial charge in [-0.25, -0.2) is 9.37 Å². The van der Waals surface area contributed by atoms with E-state index in [1.165, 1.54) is 6.07 Å². The largest absolute Gasteiger partial charge is 0.376 e. The summed E-state index contributed by atoms with van der Waals surface area (Å²) in [6.45, 7) is 2.72. The van der Waals surface area contributed by atoms with Gasteiger partial charge in [-0.2, -0.15) is 0 Å². The summed E-state index contributed by atoms with van der Waals surface area (Å²) in [5.41, 5.74) is 2.60. The minimum atomic E-state index is -0.351. The number of aryl methyl sites for hydroxylation is 1. The van der Waals surface area contributed by atoms with Crippen LogP contribution < -0.4 is 5.32 Å². The molecule has 1 aliphatic carbocycles. The molecule has 182 valence electrons. The zero-order valence-corrected chi connectivity index (χ0v) is 19.7. The Morgan fingerprint density at radius 3 is 2.66 bits per heavy atom. The van der Waals surface area contributed by atoms with Crippen molar-refractivity contribution in [3.05, 3.63) is 66.1 Å². The Labute approximate surface area is 203 Å². The van der Waals surface area contributed by atoms with Crippen LogP contribution in [0, 0.1) is 18.7 Å². The number of halogens is 1. The van der Waals surface area contributed by atoms with Gasteiger partial charge in [0.1, 0.15) is 12.4 Å². The normalized spacial score (nSPS) is 17.4. The molecule has 35 heavy (non-hydrogen) atoms. The van der Waals surface area contributed by atoms with Crippen molar-refractivity contribution in [2.75, 3.05) is 25.0 Å². The highest BCUT2D eigenvalue weighted by Gasteiger charge is 2.35. The molecule has 1 atom stereocenters. The molecule has 0 radical (unpaired) electrons. The molecule has 0 spiro atoms. The van der Waals surface area contributed by atoms with Gasteiger partial charge in [0.2, 0.25) is 17.8 Å². The summed E-state index contributed by atoms with van der Waals surface area (Å²) in [4.78, 5) is 32.2. The molecular formula is C27H29FN4O3. The van der Waals surface area contributed by atoms with E-state index in [2.05, 4.69) is 10.3 Å². The van der Waals surface area contributed by atoms with Crippen molar-refractivity contribution < 1.29 is 18.7 Å². The first-order chi connectivity index (χ1) is 17.0. The minimum Gasteiger partial charge on any atom is -0.376 e. The molecule has 2 aliphatic rings. The van der Waals surface area contributed by atoms with Crippen LogP contribution >= 0.6 is 0 Å². The zero-order chi connectivity index (χ0) is 24.4. The molecule has 7 nitrogen and oxygen atoms in total. The van der Waals surface area contributed by atoms with Gasteiger partial charge in [-0.05, 0) is 50.3 Å².